The summed E-state index contributed by atoms with van der Waals surface area (Å²) in [6.45, 7) is -0.583. The van der Waals surface area contributed by atoms with Crippen LogP contribution in [0.25, 0.3) is 0 Å². The van der Waals surface area contributed by atoms with Crippen molar-refractivity contribution >= 4 is 23.5 Å². The van der Waals surface area contributed by atoms with E-state index in [4.69, 9.17) is 9.47 Å². The van der Waals surface area contributed by atoms with Crippen LogP contribution in [0.1, 0.15) is 15.9 Å². The van der Waals surface area contributed by atoms with E-state index < -0.39 is 41.1 Å². The fourth-order valence-electron chi connectivity index (χ4n) is 2.59. The Labute approximate surface area is 171 Å². The number of nitrogens with one attached hydrogen (secondary N) is 1. The zero-order chi connectivity index (χ0) is 22.1. The summed E-state index contributed by atoms with van der Waals surface area (Å²) in [7, 11) is 2.35. The Morgan fingerprint density at radius 2 is 1.77 bits per heavy atom. The molecule has 0 heterocycles. The topological polar surface area (TPSA) is 134 Å². The Balaban J connectivity index is 2.07. The number of methoxy groups -OCH3 is 2. The standard InChI is InChI=1S/C20H20N2O8/c1-28-19(24)14-8-9-17(16(11-14)22(26)27)30-12-18(23)21-15(20(25)29-2)10-13-6-4-3-5-7-13/h3-9,11,15H,10,12H2,1-2H3,(H,21,23)/t15-/m1/s1. The minimum atomic E-state index is -0.954. The first-order valence-electron chi connectivity index (χ1n) is 8.76. The highest BCUT2D eigenvalue weighted by Crippen LogP contribution is 2.28. The molecule has 1 N–H and O–H groups in total. The molecular formula is C20H20N2O8. The largest absolute Gasteiger partial charge is 0.477 e. The Morgan fingerprint density at radius 3 is 2.37 bits per heavy atom. The summed E-state index contributed by atoms with van der Waals surface area (Å²) in [5.74, 6) is -2.27. The van der Waals surface area contributed by atoms with Crippen LogP contribution in [-0.4, -0.2) is 49.6 Å². The van der Waals surface area contributed by atoms with E-state index in [1.54, 1.807) is 24.3 Å². The van der Waals surface area contributed by atoms with Gasteiger partial charge in [-0.3, -0.25) is 14.9 Å². The maximum atomic E-state index is 12.3. The first-order chi connectivity index (χ1) is 14.3. The van der Waals surface area contributed by atoms with Crippen molar-refractivity contribution in [3.05, 3.63) is 69.8 Å². The van der Waals surface area contributed by atoms with E-state index in [9.17, 15) is 24.5 Å². The molecule has 0 bridgehead atoms. The molecule has 10 nitrogen and oxygen atoms in total. The summed E-state index contributed by atoms with van der Waals surface area (Å²) < 4.78 is 14.5. The third-order valence-electron chi connectivity index (χ3n) is 4.04. The van der Waals surface area contributed by atoms with Crippen molar-refractivity contribution < 1.29 is 33.5 Å². The summed E-state index contributed by atoms with van der Waals surface area (Å²) >= 11 is 0. The first kappa shape index (κ1) is 22.3. The minimum Gasteiger partial charge on any atom is -0.477 e. The number of amides is 1. The van der Waals surface area contributed by atoms with E-state index in [2.05, 4.69) is 10.1 Å². The van der Waals surface area contributed by atoms with Crippen LogP contribution < -0.4 is 10.1 Å². The van der Waals surface area contributed by atoms with Crippen LogP contribution in [0.4, 0.5) is 5.69 Å². The van der Waals surface area contributed by atoms with E-state index >= 15 is 0 Å². The van der Waals surface area contributed by atoms with Gasteiger partial charge in [-0.15, -0.1) is 0 Å². The molecule has 0 aliphatic carbocycles. The minimum absolute atomic E-state index is 0.0328. The average molecular weight is 416 g/mol. The Hall–Kier alpha value is -3.95. The molecular weight excluding hydrogens is 396 g/mol. The van der Waals surface area contributed by atoms with Gasteiger partial charge in [-0.2, -0.15) is 0 Å². The van der Waals surface area contributed by atoms with Crippen molar-refractivity contribution in [3.63, 3.8) is 0 Å². The van der Waals surface area contributed by atoms with E-state index in [-0.39, 0.29) is 17.7 Å². The molecule has 1 atom stereocenters. The van der Waals surface area contributed by atoms with Crippen LogP contribution in [-0.2, 0) is 25.5 Å². The average Bonchev–Trinajstić information content (AvgIpc) is 2.76. The van der Waals surface area contributed by atoms with Crippen molar-refractivity contribution in [2.75, 3.05) is 20.8 Å². The smallest absolute Gasteiger partial charge is 0.338 e. The second kappa shape index (κ2) is 10.6. The quantitative estimate of drug-likeness (QED) is 0.371. The van der Waals surface area contributed by atoms with Gasteiger partial charge in [-0.05, 0) is 17.7 Å². The van der Waals surface area contributed by atoms with Crippen LogP contribution in [0.5, 0.6) is 5.75 Å². The van der Waals surface area contributed by atoms with Crippen molar-refractivity contribution in [3.8, 4) is 5.75 Å². The summed E-state index contributed by atoms with van der Waals surface area (Å²) in [6, 6.07) is 11.5. The number of rotatable bonds is 9. The molecule has 0 fully saturated rings. The number of nitro groups is 1. The number of nitro benzene ring substituents is 1. The fourth-order valence-corrected chi connectivity index (χ4v) is 2.59. The molecule has 0 aliphatic heterocycles. The maximum Gasteiger partial charge on any atom is 0.338 e. The molecule has 0 aliphatic rings. The lowest BCUT2D eigenvalue weighted by molar-refractivity contribution is -0.385. The third-order valence-corrected chi connectivity index (χ3v) is 4.04. The number of carbonyl (C=O) groups is 3. The van der Waals surface area contributed by atoms with Gasteiger partial charge in [-0.25, -0.2) is 9.59 Å². The highest BCUT2D eigenvalue weighted by atomic mass is 16.6. The second-order valence-corrected chi connectivity index (χ2v) is 6.05. The van der Waals surface area contributed by atoms with Gasteiger partial charge in [0.1, 0.15) is 6.04 Å². The molecule has 10 heteroatoms. The molecule has 0 spiro atoms. The molecule has 1 amide bonds. The van der Waals surface area contributed by atoms with Gasteiger partial charge in [0.25, 0.3) is 5.91 Å². The predicted octanol–water partition coefficient (Wildman–Crippen LogP) is 1.66. The fraction of sp³-hybridized carbons (Fsp3) is 0.250. The van der Waals surface area contributed by atoms with Gasteiger partial charge < -0.3 is 19.5 Å². The lowest BCUT2D eigenvalue weighted by atomic mass is 10.1. The highest BCUT2D eigenvalue weighted by molar-refractivity contribution is 5.90. The van der Waals surface area contributed by atoms with Gasteiger partial charge in [0.05, 0.1) is 24.7 Å². The number of carbonyl (C=O) groups excluding carboxylic acids is 3. The van der Waals surface area contributed by atoms with Crippen LogP contribution in [0.3, 0.4) is 0 Å². The number of nitrogens with zero attached hydrogens (tertiary/aromatic N) is 1. The molecule has 2 aromatic rings. The monoisotopic (exact) mass is 416 g/mol. The van der Waals surface area contributed by atoms with Crippen LogP contribution >= 0.6 is 0 Å². The van der Waals surface area contributed by atoms with Gasteiger partial charge in [0.2, 0.25) is 0 Å². The summed E-state index contributed by atoms with van der Waals surface area (Å²) in [6.07, 6.45) is 0.202. The Bertz CT molecular complexity index is 930. The predicted molar refractivity (Wildman–Crippen MR) is 104 cm³/mol. The molecule has 0 aromatic heterocycles. The lowest BCUT2D eigenvalue weighted by Gasteiger charge is -2.17. The molecule has 30 heavy (non-hydrogen) atoms. The summed E-state index contributed by atoms with van der Waals surface area (Å²) in [5, 5.41) is 13.7. The van der Waals surface area contributed by atoms with Gasteiger partial charge in [-0.1, -0.05) is 30.3 Å². The molecule has 2 aromatic carbocycles. The van der Waals surface area contributed by atoms with E-state index in [1.165, 1.54) is 19.2 Å². The van der Waals surface area contributed by atoms with Gasteiger partial charge in [0, 0.05) is 12.5 Å². The van der Waals surface area contributed by atoms with Crippen LogP contribution in [0.2, 0.25) is 0 Å². The van der Waals surface area contributed by atoms with E-state index in [0.29, 0.717) is 0 Å². The van der Waals surface area contributed by atoms with Gasteiger partial charge in [0.15, 0.2) is 12.4 Å². The number of hydrogen-bond donors (Lipinski definition) is 1. The molecule has 2 rings (SSSR count). The summed E-state index contributed by atoms with van der Waals surface area (Å²) in [4.78, 5) is 46.3. The zero-order valence-corrected chi connectivity index (χ0v) is 16.3. The van der Waals surface area contributed by atoms with Crippen LogP contribution in [0, 0.1) is 10.1 Å². The van der Waals surface area contributed by atoms with Crippen molar-refractivity contribution in [2.45, 2.75) is 12.5 Å². The third kappa shape index (κ3) is 6.03. The van der Waals surface area contributed by atoms with Crippen molar-refractivity contribution in [2.24, 2.45) is 0 Å². The Kier molecular flexibility index (Phi) is 7.86. The molecule has 0 saturated heterocycles. The first-order valence-corrected chi connectivity index (χ1v) is 8.76. The van der Waals surface area contributed by atoms with Crippen molar-refractivity contribution in [1.29, 1.82) is 0 Å². The second-order valence-electron chi connectivity index (χ2n) is 6.05. The molecule has 158 valence electrons. The summed E-state index contributed by atoms with van der Waals surface area (Å²) in [5.41, 5.74) is 0.275. The molecule has 0 saturated carbocycles. The lowest BCUT2D eigenvalue weighted by Crippen LogP contribution is -2.44. The zero-order valence-electron chi connectivity index (χ0n) is 16.3. The van der Waals surface area contributed by atoms with Gasteiger partial charge >= 0.3 is 17.6 Å². The number of hydrogen-bond acceptors (Lipinski definition) is 8. The molecule has 0 unspecified atom stereocenters. The number of ether oxygens (including phenoxy) is 3. The number of benzene rings is 2. The normalized spacial score (nSPS) is 11.1. The van der Waals surface area contributed by atoms with E-state index in [0.717, 1.165) is 18.7 Å². The highest BCUT2D eigenvalue weighted by Gasteiger charge is 2.24. The molecule has 0 radical (unpaired) electrons. The van der Waals surface area contributed by atoms with E-state index in [1.807, 2.05) is 6.07 Å². The van der Waals surface area contributed by atoms with Crippen LogP contribution in [0.15, 0.2) is 48.5 Å². The number of esters is 2. The van der Waals surface area contributed by atoms with Crippen molar-refractivity contribution in [1.82, 2.24) is 5.32 Å². The Morgan fingerprint density at radius 1 is 1.07 bits per heavy atom. The SMILES string of the molecule is COC(=O)c1ccc(OCC(=O)N[C@H](Cc2ccccc2)C(=O)OC)c([N+](=O)[O-])c1. The maximum absolute atomic E-state index is 12.3.